The Morgan fingerprint density at radius 1 is 1.18 bits per heavy atom. The van der Waals surface area contributed by atoms with Gasteiger partial charge in [-0.25, -0.2) is 0 Å². The van der Waals surface area contributed by atoms with E-state index in [0.717, 1.165) is 56.0 Å². The number of piperidine rings is 1. The Labute approximate surface area is 202 Å². The number of hydrogen-bond acceptors (Lipinski definition) is 4. The summed E-state index contributed by atoms with van der Waals surface area (Å²) in [6.07, 6.45) is 10.3. The zero-order chi connectivity index (χ0) is 23.5. The molecule has 2 aromatic rings. The summed E-state index contributed by atoms with van der Waals surface area (Å²) in [6.45, 7) is 3.46. The second-order valence-electron chi connectivity index (χ2n) is 10.5. The molecule has 0 radical (unpaired) electrons. The summed E-state index contributed by atoms with van der Waals surface area (Å²) in [6, 6.07) is 15.7. The van der Waals surface area contributed by atoms with Crippen molar-refractivity contribution in [1.29, 1.82) is 0 Å². The first kappa shape index (κ1) is 23.0. The van der Waals surface area contributed by atoms with Gasteiger partial charge in [0.2, 0.25) is 5.91 Å². The van der Waals surface area contributed by atoms with Crippen LogP contribution in [-0.2, 0) is 10.2 Å². The maximum atomic E-state index is 12.8. The zero-order valence-electron chi connectivity index (χ0n) is 20.1. The second kappa shape index (κ2) is 9.83. The molecule has 34 heavy (non-hydrogen) atoms. The smallest absolute Gasteiger partial charge is 0.244 e. The molecule has 3 fully saturated rings. The SMILES string of the molecule is COc1cccc(C=CC(=O)NC2CCC3CN(CC4CC4)CCC3(c3cccc(O)c3)C2)c1. The third-order valence-electron chi connectivity index (χ3n) is 8.11. The van der Waals surface area contributed by atoms with Gasteiger partial charge in [-0.2, -0.15) is 0 Å². The fourth-order valence-electron chi connectivity index (χ4n) is 6.15. The third kappa shape index (κ3) is 5.15. The lowest BCUT2D eigenvalue weighted by Crippen LogP contribution is -2.56. The van der Waals surface area contributed by atoms with E-state index in [9.17, 15) is 9.90 Å². The van der Waals surface area contributed by atoms with Crippen molar-refractivity contribution in [2.45, 2.75) is 50.0 Å². The average Bonchev–Trinajstić information content (AvgIpc) is 3.67. The van der Waals surface area contributed by atoms with E-state index in [0.29, 0.717) is 11.7 Å². The number of fused-ring (bicyclic) bond motifs is 1. The first-order valence-electron chi connectivity index (χ1n) is 12.7. The number of benzene rings is 2. The van der Waals surface area contributed by atoms with Crippen LogP contribution in [0.3, 0.4) is 0 Å². The van der Waals surface area contributed by atoms with E-state index in [1.807, 2.05) is 42.5 Å². The van der Waals surface area contributed by atoms with E-state index in [1.165, 1.54) is 24.9 Å². The molecule has 0 spiro atoms. The molecule has 1 saturated heterocycles. The number of likely N-dealkylation sites (tertiary alicyclic amines) is 1. The minimum absolute atomic E-state index is 0.00545. The van der Waals surface area contributed by atoms with E-state index >= 15 is 0 Å². The molecule has 3 aliphatic rings. The molecule has 1 aliphatic heterocycles. The normalized spacial score (nSPS) is 27.3. The van der Waals surface area contributed by atoms with Gasteiger partial charge in [-0.3, -0.25) is 4.79 Å². The molecule has 0 bridgehead atoms. The lowest BCUT2D eigenvalue weighted by Gasteiger charge is -2.53. The fraction of sp³-hybridized carbons (Fsp3) is 0.483. The molecule has 5 rings (SSSR count). The minimum Gasteiger partial charge on any atom is -0.508 e. The van der Waals surface area contributed by atoms with Crippen molar-refractivity contribution in [3.63, 3.8) is 0 Å². The molecule has 2 aromatic carbocycles. The van der Waals surface area contributed by atoms with E-state index in [4.69, 9.17) is 4.74 Å². The van der Waals surface area contributed by atoms with Gasteiger partial charge in [0.1, 0.15) is 11.5 Å². The van der Waals surface area contributed by atoms with Crippen LogP contribution in [0.5, 0.6) is 11.5 Å². The molecule has 5 nitrogen and oxygen atoms in total. The van der Waals surface area contributed by atoms with E-state index < -0.39 is 0 Å². The number of phenolic OH excluding ortho intramolecular Hbond substituents is 1. The van der Waals surface area contributed by atoms with E-state index in [2.05, 4.69) is 16.3 Å². The van der Waals surface area contributed by atoms with E-state index in [-0.39, 0.29) is 17.4 Å². The number of carbonyl (C=O) groups excluding carboxylic acids is 1. The first-order valence-corrected chi connectivity index (χ1v) is 12.7. The third-order valence-corrected chi connectivity index (χ3v) is 8.11. The summed E-state index contributed by atoms with van der Waals surface area (Å²) in [5, 5.41) is 13.5. The number of carbonyl (C=O) groups is 1. The molecule has 2 aliphatic carbocycles. The number of ether oxygens (including phenoxy) is 1. The molecule has 5 heteroatoms. The second-order valence-corrected chi connectivity index (χ2v) is 10.5. The summed E-state index contributed by atoms with van der Waals surface area (Å²) in [5.41, 5.74) is 2.18. The maximum absolute atomic E-state index is 12.8. The predicted molar refractivity (Wildman–Crippen MR) is 135 cm³/mol. The molecular weight excluding hydrogens is 424 g/mol. The van der Waals surface area contributed by atoms with Crippen LogP contribution in [0.15, 0.2) is 54.6 Å². The van der Waals surface area contributed by atoms with Crippen LogP contribution in [0, 0.1) is 11.8 Å². The van der Waals surface area contributed by atoms with Gasteiger partial charge in [0, 0.05) is 30.6 Å². The van der Waals surface area contributed by atoms with Crippen LogP contribution in [0.4, 0.5) is 0 Å². The van der Waals surface area contributed by atoms with Crippen molar-refractivity contribution >= 4 is 12.0 Å². The van der Waals surface area contributed by atoms with Gasteiger partial charge in [-0.15, -0.1) is 0 Å². The Morgan fingerprint density at radius 2 is 2.03 bits per heavy atom. The van der Waals surface area contributed by atoms with Gasteiger partial charge >= 0.3 is 0 Å². The van der Waals surface area contributed by atoms with Crippen molar-refractivity contribution < 1.29 is 14.6 Å². The molecule has 3 atom stereocenters. The minimum atomic E-state index is -0.0523. The summed E-state index contributed by atoms with van der Waals surface area (Å²) in [5.74, 6) is 2.52. The largest absolute Gasteiger partial charge is 0.508 e. The Morgan fingerprint density at radius 3 is 2.82 bits per heavy atom. The molecule has 2 saturated carbocycles. The standard InChI is InChI=1S/C29H36N2O3/c1-34-27-7-2-4-21(16-27)10-13-28(33)30-25-12-11-24-20-31(19-22-8-9-22)15-14-29(24,18-25)23-5-3-6-26(32)17-23/h2-7,10,13,16-17,22,24-25,32H,8-9,11-12,14-15,18-20H2,1H3,(H,30,33). The lowest BCUT2D eigenvalue weighted by atomic mass is 9.58. The summed E-state index contributed by atoms with van der Waals surface area (Å²) >= 11 is 0. The van der Waals surface area contributed by atoms with Gasteiger partial charge in [0.25, 0.3) is 0 Å². The van der Waals surface area contributed by atoms with Gasteiger partial charge in [0.05, 0.1) is 7.11 Å². The van der Waals surface area contributed by atoms with Crippen LogP contribution in [0.2, 0.25) is 0 Å². The van der Waals surface area contributed by atoms with Crippen LogP contribution in [-0.4, -0.2) is 48.7 Å². The van der Waals surface area contributed by atoms with Crippen LogP contribution >= 0.6 is 0 Å². The Balaban J connectivity index is 1.29. The van der Waals surface area contributed by atoms with E-state index in [1.54, 1.807) is 19.3 Å². The van der Waals surface area contributed by atoms with Crippen LogP contribution in [0.25, 0.3) is 6.08 Å². The number of phenols is 1. The number of aromatic hydroxyl groups is 1. The maximum Gasteiger partial charge on any atom is 0.244 e. The summed E-state index contributed by atoms with van der Waals surface area (Å²) in [7, 11) is 1.64. The monoisotopic (exact) mass is 460 g/mol. The zero-order valence-corrected chi connectivity index (χ0v) is 20.1. The Bertz CT molecular complexity index is 1050. The number of hydrogen-bond donors (Lipinski definition) is 2. The molecule has 3 unspecified atom stereocenters. The fourth-order valence-corrected chi connectivity index (χ4v) is 6.15. The van der Waals surface area contributed by atoms with Crippen molar-refractivity contribution in [2.24, 2.45) is 11.8 Å². The van der Waals surface area contributed by atoms with Crippen LogP contribution in [0.1, 0.15) is 49.7 Å². The highest BCUT2D eigenvalue weighted by Crippen LogP contribution is 2.50. The topological polar surface area (TPSA) is 61.8 Å². The van der Waals surface area contributed by atoms with Gasteiger partial charge in [-0.1, -0.05) is 24.3 Å². The number of nitrogens with one attached hydrogen (secondary N) is 1. The molecule has 1 heterocycles. The van der Waals surface area contributed by atoms with Crippen molar-refractivity contribution in [2.75, 3.05) is 26.7 Å². The lowest BCUT2D eigenvalue weighted by molar-refractivity contribution is -0.117. The molecule has 0 aromatic heterocycles. The number of methoxy groups -OCH3 is 1. The predicted octanol–water partition coefficient (Wildman–Crippen LogP) is 4.75. The average molecular weight is 461 g/mol. The Hall–Kier alpha value is -2.79. The van der Waals surface area contributed by atoms with Crippen LogP contribution < -0.4 is 10.1 Å². The number of rotatable bonds is 7. The molecule has 1 amide bonds. The molecular formula is C29H36N2O3. The van der Waals surface area contributed by atoms with Gasteiger partial charge in [-0.05, 0) is 98.4 Å². The Kier molecular flexibility index (Phi) is 6.64. The number of amides is 1. The molecule has 180 valence electrons. The van der Waals surface area contributed by atoms with Crippen molar-refractivity contribution in [3.05, 3.63) is 65.7 Å². The van der Waals surface area contributed by atoms with Crippen molar-refractivity contribution in [1.82, 2.24) is 10.2 Å². The highest BCUT2D eigenvalue weighted by atomic mass is 16.5. The first-order chi connectivity index (χ1) is 16.5. The van der Waals surface area contributed by atoms with Gasteiger partial charge < -0.3 is 20.1 Å². The quantitative estimate of drug-likeness (QED) is 0.585. The van der Waals surface area contributed by atoms with Gasteiger partial charge in [0.15, 0.2) is 0 Å². The van der Waals surface area contributed by atoms with Crippen molar-refractivity contribution in [3.8, 4) is 11.5 Å². The number of nitrogens with zero attached hydrogens (tertiary/aromatic N) is 1. The summed E-state index contributed by atoms with van der Waals surface area (Å²) in [4.78, 5) is 15.5. The molecule has 2 N–H and O–H groups in total. The highest BCUT2D eigenvalue weighted by molar-refractivity contribution is 5.92. The summed E-state index contributed by atoms with van der Waals surface area (Å²) < 4.78 is 5.27. The highest BCUT2D eigenvalue weighted by Gasteiger charge is 2.48.